The van der Waals surface area contributed by atoms with Gasteiger partial charge in [-0.1, -0.05) is 23.2 Å². The number of hydrogen-bond donors (Lipinski definition) is 0. The lowest BCUT2D eigenvalue weighted by molar-refractivity contribution is 0.396. The Balaban J connectivity index is 2.53. The van der Waals surface area contributed by atoms with Crippen molar-refractivity contribution in [3.63, 3.8) is 0 Å². The summed E-state index contributed by atoms with van der Waals surface area (Å²) < 4.78 is 17.9. The standard InChI is InChI=1S/C11H7Cl2FN2O/c1-17-11-10(13)15-5-9(16-11)7-3-2-6(14)4-8(7)12/h2-5H,1H3. The van der Waals surface area contributed by atoms with Crippen LogP contribution in [0.15, 0.2) is 24.4 Å². The number of benzene rings is 1. The van der Waals surface area contributed by atoms with Crippen LogP contribution in [0.2, 0.25) is 10.2 Å². The molecule has 0 spiro atoms. The summed E-state index contributed by atoms with van der Waals surface area (Å²) >= 11 is 11.7. The van der Waals surface area contributed by atoms with Crippen molar-refractivity contribution in [3.8, 4) is 17.1 Å². The van der Waals surface area contributed by atoms with Gasteiger partial charge in [0.2, 0.25) is 0 Å². The van der Waals surface area contributed by atoms with E-state index in [1.165, 1.54) is 31.5 Å². The molecule has 0 aliphatic heterocycles. The zero-order valence-electron chi connectivity index (χ0n) is 8.75. The Morgan fingerprint density at radius 2 is 2.06 bits per heavy atom. The second kappa shape index (κ2) is 4.85. The third kappa shape index (κ3) is 2.48. The highest BCUT2D eigenvalue weighted by Crippen LogP contribution is 2.29. The first kappa shape index (κ1) is 12.1. The van der Waals surface area contributed by atoms with Crippen LogP contribution in [-0.4, -0.2) is 17.1 Å². The van der Waals surface area contributed by atoms with Gasteiger partial charge in [-0.25, -0.2) is 14.4 Å². The molecule has 0 bridgehead atoms. The highest BCUT2D eigenvalue weighted by atomic mass is 35.5. The van der Waals surface area contributed by atoms with Crippen molar-refractivity contribution in [2.24, 2.45) is 0 Å². The van der Waals surface area contributed by atoms with Gasteiger partial charge in [0.05, 0.1) is 24.0 Å². The summed E-state index contributed by atoms with van der Waals surface area (Å²) in [7, 11) is 1.44. The molecule has 0 aliphatic rings. The number of rotatable bonds is 2. The van der Waals surface area contributed by atoms with Crippen LogP contribution in [0.25, 0.3) is 11.3 Å². The molecular formula is C11H7Cl2FN2O. The van der Waals surface area contributed by atoms with Crippen molar-refractivity contribution >= 4 is 23.2 Å². The molecule has 2 aromatic rings. The highest BCUT2D eigenvalue weighted by molar-refractivity contribution is 6.33. The molecule has 0 saturated heterocycles. The van der Waals surface area contributed by atoms with E-state index < -0.39 is 5.82 Å². The number of aromatic nitrogens is 2. The fourth-order valence-electron chi connectivity index (χ4n) is 1.31. The predicted molar refractivity (Wildman–Crippen MR) is 64.0 cm³/mol. The molecule has 1 aromatic heterocycles. The molecule has 2 rings (SSSR count). The topological polar surface area (TPSA) is 35.0 Å². The number of methoxy groups -OCH3 is 1. The van der Waals surface area contributed by atoms with Crippen LogP contribution >= 0.6 is 23.2 Å². The third-order valence-corrected chi connectivity index (χ3v) is 2.67. The smallest absolute Gasteiger partial charge is 0.252 e. The minimum absolute atomic E-state index is 0.162. The maximum Gasteiger partial charge on any atom is 0.252 e. The quantitative estimate of drug-likeness (QED) is 0.838. The van der Waals surface area contributed by atoms with E-state index in [1.54, 1.807) is 0 Å². The van der Waals surface area contributed by atoms with Crippen LogP contribution in [-0.2, 0) is 0 Å². The van der Waals surface area contributed by atoms with Crippen molar-refractivity contribution < 1.29 is 9.13 Å². The van der Waals surface area contributed by atoms with Gasteiger partial charge in [0, 0.05) is 5.56 Å². The molecule has 0 unspecified atom stereocenters. The molecule has 17 heavy (non-hydrogen) atoms. The minimum Gasteiger partial charge on any atom is -0.479 e. The second-order valence-corrected chi connectivity index (χ2v) is 3.94. The molecule has 1 aromatic carbocycles. The lowest BCUT2D eigenvalue weighted by Gasteiger charge is -2.06. The molecule has 0 fully saturated rings. The lowest BCUT2D eigenvalue weighted by atomic mass is 10.1. The van der Waals surface area contributed by atoms with Crippen molar-refractivity contribution in [3.05, 3.63) is 40.4 Å². The first-order valence-electron chi connectivity index (χ1n) is 4.64. The Morgan fingerprint density at radius 1 is 1.29 bits per heavy atom. The van der Waals surface area contributed by atoms with Gasteiger partial charge in [-0.05, 0) is 18.2 Å². The minimum atomic E-state index is -0.410. The fraction of sp³-hybridized carbons (Fsp3) is 0.0909. The van der Waals surface area contributed by atoms with Gasteiger partial charge < -0.3 is 4.74 Å². The molecular weight excluding hydrogens is 266 g/mol. The second-order valence-electron chi connectivity index (χ2n) is 3.18. The van der Waals surface area contributed by atoms with Gasteiger partial charge >= 0.3 is 0 Å². The monoisotopic (exact) mass is 272 g/mol. The van der Waals surface area contributed by atoms with Gasteiger partial charge in [0.25, 0.3) is 5.88 Å². The molecule has 0 atom stereocenters. The van der Waals surface area contributed by atoms with Crippen LogP contribution in [0.1, 0.15) is 0 Å². The van der Waals surface area contributed by atoms with Crippen molar-refractivity contribution in [2.75, 3.05) is 7.11 Å². The largest absolute Gasteiger partial charge is 0.479 e. The zero-order chi connectivity index (χ0) is 12.4. The average molecular weight is 273 g/mol. The SMILES string of the molecule is COc1nc(-c2ccc(F)cc2Cl)cnc1Cl. The molecule has 88 valence electrons. The van der Waals surface area contributed by atoms with Gasteiger partial charge in [-0.3, -0.25) is 0 Å². The van der Waals surface area contributed by atoms with Crippen LogP contribution in [0.5, 0.6) is 5.88 Å². The van der Waals surface area contributed by atoms with E-state index in [-0.39, 0.29) is 16.1 Å². The maximum absolute atomic E-state index is 12.9. The predicted octanol–water partition coefficient (Wildman–Crippen LogP) is 3.60. The molecule has 3 nitrogen and oxygen atoms in total. The number of ether oxygens (including phenoxy) is 1. The molecule has 0 radical (unpaired) electrons. The number of hydrogen-bond acceptors (Lipinski definition) is 3. The molecule has 6 heteroatoms. The highest BCUT2D eigenvalue weighted by Gasteiger charge is 2.10. The summed E-state index contributed by atoms with van der Waals surface area (Å²) in [6, 6.07) is 4.03. The first-order valence-corrected chi connectivity index (χ1v) is 5.39. The van der Waals surface area contributed by atoms with Gasteiger partial charge in [0.1, 0.15) is 5.82 Å². The summed E-state index contributed by atoms with van der Waals surface area (Å²) in [6.07, 6.45) is 1.45. The van der Waals surface area contributed by atoms with Gasteiger partial charge in [-0.2, -0.15) is 0 Å². The molecule has 1 heterocycles. The van der Waals surface area contributed by atoms with Gasteiger partial charge in [-0.15, -0.1) is 0 Å². The van der Waals surface area contributed by atoms with E-state index in [0.717, 1.165) is 0 Å². The van der Waals surface area contributed by atoms with E-state index in [9.17, 15) is 4.39 Å². The Labute approximate surface area is 107 Å². The van der Waals surface area contributed by atoms with E-state index in [2.05, 4.69) is 9.97 Å². The number of nitrogens with zero attached hydrogens (tertiary/aromatic N) is 2. The summed E-state index contributed by atoms with van der Waals surface area (Å²) in [5, 5.41) is 0.415. The molecule has 0 saturated carbocycles. The molecule has 0 amide bonds. The summed E-state index contributed by atoms with van der Waals surface area (Å²) in [4.78, 5) is 8.04. The Kier molecular flexibility index (Phi) is 3.45. The summed E-state index contributed by atoms with van der Waals surface area (Å²) in [5.41, 5.74) is 1.03. The maximum atomic E-state index is 12.9. The summed E-state index contributed by atoms with van der Waals surface area (Å²) in [5.74, 6) is -0.211. The van der Waals surface area contributed by atoms with Crippen LogP contribution < -0.4 is 4.74 Å². The van der Waals surface area contributed by atoms with Crippen LogP contribution in [0.4, 0.5) is 4.39 Å². The van der Waals surface area contributed by atoms with Gasteiger partial charge in [0.15, 0.2) is 5.15 Å². The Bertz CT molecular complexity index is 563. The van der Waals surface area contributed by atoms with Crippen molar-refractivity contribution in [1.29, 1.82) is 0 Å². The third-order valence-electron chi connectivity index (χ3n) is 2.10. The summed E-state index contributed by atoms with van der Waals surface area (Å²) in [6.45, 7) is 0. The van der Waals surface area contributed by atoms with Crippen LogP contribution in [0, 0.1) is 5.82 Å². The fourth-order valence-corrected chi connectivity index (χ4v) is 1.75. The zero-order valence-corrected chi connectivity index (χ0v) is 10.3. The van der Waals surface area contributed by atoms with E-state index in [1.807, 2.05) is 0 Å². The average Bonchev–Trinajstić information content (AvgIpc) is 2.30. The van der Waals surface area contributed by atoms with Crippen molar-refractivity contribution in [2.45, 2.75) is 0 Å². The number of halogens is 3. The van der Waals surface area contributed by atoms with Crippen LogP contribution in [0.3, 0.4) is 0 Å². The Hall–Kier alpha value is -1.39. The normalized spacial score (nSPS) is 10.4. The van der Waals surface area contributed by atoms with E-state index >= 15 is 0 Å². The first-order chi connectivity index (χ1) is 8.11. The lowest BCUT2D eigenvalue weighted by Crippen LogP contribution is -1.94. The van der Waals surface area contributed by atoms with E-state index in [4.69, 9.17) is 27.9 Å². The van der Waals surface area contributed by atoms with E-state index in [0.29, 0.717) is 11.3 Å². The molecule has 0 N–H and O–H groups in total. The Morgan fingerprint density at radius 3 is 2.71 bits per heavy atom. The molecule has 0 aliphatic carbocycles. The van der Waals surface area contributed by atoms with Crippen molar-refractivity contribution in [1.82, 2.24) is 9.97 Å².